The monoisotopic (exact) mass is 187 g/mol. The first-order chi connectivity index (χ1) is 6.33. The predicted octanol–water partition coefficient (Wildman–Crippen LogP) is 2.36. The quantitative estimate of drug-likeness (QED) is 0.677. The minimum absolute atomic E-state index is 0.242. The van der Waals surface area contributed by atoms with Crippen molar-refractivity contribution in [2.75, 3.05) is 6.67 Å². The summed E-state index contributed by atoms with van der Waals surface area (Å²) >= 11 is 0. The third-order valence-corrected chi connectivity index (χ3v) is 1.42. The maximum absolute atomic E-state index is 11.7. The SMILES string of the molecule is CC.Cc1cn(CCCCF)nn1. The van der Waals surface area contributed by atoms with Gasteiger partial charge in [-0.05, 0) is 19.8 Å². The van der Waals surface area contributed by atoms with Crippen LogP contribution in [0.25, 0.3) is 0 Å². The minimum atomic E-state index is -0.242. The highest BCUT2D eigenvalue weighted by atomic mass is 19.1. The first-order valence-corrected chi connectivity index (χ1v) is 4.75. The lowest BCUT2D eigenvalue weighted by atomic mass is 10.3. The molecule has 0 aliphatic rings. The molecule has 0 unspecified atom stereocenters. The zero-order valence-corrected chi connectivity index (χ0v) is 8.63. The lowest BCUT2D eigenvalue weighted by Crippen LogP contribution is -1.98. The van der Waals surface area contributed by atoms with E-state index in [4.69, 9.17) is 0 Å². The van der Waals surface area contributed by atoms with E-state index in [0.717, 1.165) is 18.7 Å². The molecular weight excluding hydrogens is 169 g/mol. The van der Waals surface area contributed by atoms with Gasteiger partial charge in [-0.1, -0.05) is 19.1 Å². The largest absolute Gasteiger partial charge is 0.252 e. The second kappa shape index (κ2) is 7.71. The van der Waals surface area contributed by atoms with Gasteiger partial charge in [0.05, 0.1) is 12.4 Å². The van der Waals surface area contributed by atoms with Crippen LogP contribution >= 0.6 is 0 Å². The number of aromatic nitrogens is 3. The van der Waals surface area contributed by atoms with E-state index in [9.17, 15) is 4.39 Å². The van der Waals surface area contributed by atoms with E-state index in [-0.39, 0.29) is 6.67 Å². The Balaban J connectivity index is 0.000000671. The molecule has 4 heteroatoms. The van der Waals surface area contributed by atoms with Gasteiger partial charge >= 0.3 is 0 Å². The Morgan fingerprint density at radius 3 is 2.54 bits per heavy atom. The van der Waals surface area contributed by atoms with Gasteiger partial charge in [0, 0.05) is 12.7 Å². The number of halogens is 1. The van der Waals surface area contributed by atoms with E-state index >= 15 is 0 Å². The molecule has 0 fully saturated rings. The maximum Gasteiger partial charge on any atom is 0.0895 e. The van der Waals surface area contributed by atoms with Crippen molar-refractivity contribution in [3.63, 3.8) is 0 Å². The number of aryl methyl sites for hydroxylation is 2. The van der Waals surface area contributed by atoms with Crippen LogP contribution in [0.1, 0.15) is 32.4 Å². The smallest absolute Gasteiger partial charge is 0.0895 e. The van der Waals surface area contributed by atoms with Crippen molar-refractivity contribution in [2.24, 2.45) is 0 Å². The molecule has 0 spiro atoms. The van der Waals surface area contributed by atoms with Crippen molar-refractivity contribution in [1.82, 2.24) is 15.0 Å². The first kappa shape index (κ1) is 12.1. The van der Waals surface area contributed by atoms with Gasteiger partial charge in [0.25, 0.3) is 0 Å². The number of rotatable bonds is 4. The molecule has 76 valence electrons. The van der Waals surface area contributed by atoms with Gasteiger partial charge in [-0.25, -0.2) is 0 Å². The van der Waals surface area contributed by atoms with E-state index < -0.39 is 0 Å². The number of hydrogen-bond acceptors (Lipinski definition) is 2. The molecule has 0 aliphatic carbocycles. The van der Waals surface area contributed by atoms with Gasteiger partial charge < -0.3 is 0 Å². The highest BCUT2D eigenvalue weighted by Gasteiger charge is 1.94. The van der Waals surface area contributed by atoms with Crippen LogP contribution in [0.3, 0.4) is 0 Å². The summed E-state index contributed by atoms with van der Waals surface area (Å²) in [5.41, 5.74) is 0.908. The molecule has 0 atom stereocenters. The van der Waals surface area contributed by atoms with Crippen LogP contribution in [-0.4, -0.2) is 21.7 Å². The van der Waals surface area contributed by atoms with Crippen LogP contribution in [-0.2, 0) is 6.54 Å². The third-order valence-electron chi connectivity index (χ3n) is 1.42. The highest BCUT2D eigenvalue weighted by Crippen LogP contribution is 1.95. The minimum Gasteiger partial charge on any atom is -0.252 e. The Morgan fingerprint density at radius 1 is 1.38 bits per heavy atom. The highest BCUT2D eigenvalue weighted by molar-refractivity contribution is 4.86. The molecule has 0 N–H and O–H groups in total. The van der Waals surface area contributed by atoms with Crippen molar-refractivity contribution >= 4 is 0 Å². The summed E-state index contributed by atoms with van der Waals surface area (Å²) < 4.78 is 13.4. The molecule has 1 aromatic rings. The maximum atomic E-state index is 11.7. The summed E-state index contributed by atoms with van der Waals surface area (Å²) in [7, 11) is 0. The van der Waals surface area contributed by atoms with E-state index in [1.807, 2.05) is 27.0 Å². The second-order valence-electron chi connectivity index (χ2n) is 2.52. The van der Waals surface area contributed by atoms with Crippen LogP contribution in [0.5, 0.6) is 0 Å². The topological polar surface area (TPSA) is 30.7 Å². The molecule has 13 heavy (non-hydrogen) atoms. The zero-order valence-electron chi connectivity index (χ0n) is 8.63. The van der Waals surface area contributed by atoms with Gasteiger partial charge in [0.1, 0.15) is 0 Å². The van der Waals surface area contributed by atoms with Crippen LogP contribution in [0.2, 0.25) is 0 Å². The molecule has 0 radical (unpaired) electrons. The molecule has 0 amide bonds. The van der Waals surface area contributed by atoms with Crippen molar-refractivity contribution in [3.05, 3.63) is 11.9 Å². The van der Waals surface area contributed by atoms with Crippen LogP contribution in [0.4, 0.5) is 4.39 Å². The van der Waals surface area contributed by atoms with E-state index in [1.165, 1.54) is 0 Å². The van der Waals surface area contributed by atoms with Crippen molar-refractivity contribution < 1.29 is 4.39 Å². The fraction of sp³-hybridized carbons (Fsp3) is 0.778. The van der Waals surface area contributed by atoms with E-state index in [1.54, 1.807) is 4.68 Å². The Hall–Kier alpha value is -0.930. The Labute approximate surface area is 79.0 Å². The first-order valence-electron chi connectivity index (χ1n) is 4.75. The Morgan fingerprint density at radius 2 is 2.08 bits per heavy atom. The average molecular weight is 187 g/mol. The van der Waals surface area contributed by atoms with Crippen molar-refractivity contribution in [3.8, 4) is 0 Å². The molecule has 0 bridgehead atoms. The molecule has 1 rings (SSSR count). The average Bonchev–Trinajstić information content (AvgIpc) is 2.56. The number of unbranched alkanes of at least 4 members (excludes halogenated alkanes) is 1. The van der Waals surface area contributed by atoms with Gasteiger partial charge in [-0.3, -0.25) is 9.07 Å². The summed E-state index contributed by atoms with van der Waals surface area (Å²) in [5.74, 6) is 0. The second-order valence-corrected chi connectivity index (χ2v) is 2.52. The summed E-state index contributed by atoms with van der Waals surface area (Å²) in [6.45, 7) is 6.41. The van der Waals surface area contributed by atoms with E-state index in [2.05, 4.69) is 10.3 Å². The fourth-order valence-corrected chi connectivity index (χ4v) is 0.873. The molecule has 1 heterocycles. The predicted molar refractivity (Wildman–Crippen MR) is 51.3 cm³/mol. The van der Waals surface area contributed by atoms with Gasteiger partial charge in [-0.15, -0.1) is 5.10 Å². The molecule has 0 aromatic carbocycles. The summed E-state index contributed by atoms with van der Waals surface area (Å²) in [6.07, 6.45) is 3.30. The van der Waals surface area contributed by atoms with Crippen LogP contribution < -0.4 is 0 Å². The fourth-order valence-electron chi connectivity index (χ4n) is 0.873. The molecule has 0 saturated heterocycles. The molecule has 1 aromatic heterocycles. The van der Waals surface area contributed by atoms with Gasteiger partial charge in [-0.2, -0.15) is 0 Å². The standard InChI is InChI=1S/C7H12FN3.C2H6/c1-7-6-11(10-9-7)5-3-2-4-8;1-2/h6H,2-5H2,1H3;1-2H3. The Bertz CT molecular complexity index is 210. The third kappa shape index (κ3) is 5.33. The number of alkyl halides is 1. The molecule has 0 aliphatic heterocycles. The van der Waals surface area contributed by atoms with Crippen molar-refractivity contribution in [2.45, 2.75) is 40.2 Å². The van der Waals surface area contributed by atoms with E-state index in [0.29, 0.717) is 6.42 Å². The lowest BCUT2D eigenvalue weighted by molar-refractivity contribution is 0.437. The van der Waals surface area contributed by atoms with Crippen molar-refractivity contribution in [1.29, 1.82) is 0 Å². The summed E-state index contributed by atoms with van der Waals surface area (Å²) in [5, 5.41) is 7.65. The lowest BCUT2D eigenvalue weighted by Gasteiger charge is -1.95. The number of nitrogens with zero attached hydrogens (tertiary/aromatic N) is 3. The Kier molecular flexibility index (Phi) is 7.15. The molecule has 3 nitrogen and oxygen atoms in total. The number of hydrogen-bond donors (Lipinski definition) is 0. The summed E-state index contributed by atoms with van der Waals surface area (Å²) in [6, 6.07) is 0. The van der Waals surface area contributed by atoms with Crippen LogP contribution in [0.15, 0.2) is 6.20 Å². The van der Waals surface area contributed by atoms with Gasteiger partial charge in [0.2, 0.25) is 0 Å². The zero-order chi connectivity index (χ0) is 10.1. The molecule has 0 saturated carbocycles. The van der Waals surface area contributed by atoms with Gasteiger partial charge in [0.15, 0.2) is 0 Å². The summed E-state index contributed by atoms with van der Waals surface area (Å²) in [4.78, 5) is 0. The normalized spacial score (nSPS) is 9.23. The van der Waals surface area contributed by atoms with Crippen LogP contribution in [0, 0.1) is 6.92 Å². The molecular formula is C9H18FN3.